The quantitative estimate of drug-likeness (QED) is 0.884. The minimum atomic E-state index is -0.0921. The number of carbonyl (C=O) groups excluding carboxylic acids is 1. The maximum absolute atomic E-state index is 12.2. The van der Waals surface area contributed by atoms with Gasteiger partial charge in [0.15, 0.2) is 0 Å². The monoisotopic (exact) mass is 277 g/mol. The Morgan fingerprint density at radius 1 is 1.50 bits per heavy atom. The van der Waals surface area contributed by atoms with E-state index in [9.17, 15) is 4.79 Å². The van der Waals surface area contributed by atoms with Gasteiger partial charge in [-0.15, -0.1) is 0 Å². The lowest BCUT2D eigenvalue weighted by Crippen LogP contribution is -2.48. The average Bonchev–Trinajstić information content (AvgIpc) is 2.48. The van der Waals surface area contributed by atoms with Crippen LogP contribution in [0.5, 0.6) is 0 Å². The number of nitrogens with one attached hydrogen (secondary N) is 1. The van der Waals surface area contributed by atoms with Crippen LogP contribution in [0.3, 0.4) is 0 Å². The van der Waals surface area contributed by atoms with Crippen molar-refractivity contribution < 1.29 is 9.53 Å². The fourth-order valence-corrected chi connectivity index (χ4v) is 2.70. The fraction of sp³-hybridized carbons (Fsp3) is 0.600. The lowest BCUT2D eigenvalue weighted by molar-refractivity contribution is -0.0917. The Balaban J connectivity index is 1.99. The summed E-state index contributed by atoms with van der Waals surface area (Å²) in [6.45, 7) is 4.97. The van der Waals surface area contributed by atoms with Crippen LogP contribution in [0.1, 0.15) is 49.9 Å². The van der Waals surface area contributed by atoms with Crippen molar-refractivity contribution in [3.05, 3.63) is 23.9 Å². The molecule has 0 radical (unpaired) electrons. The van der Waals surface area contributed by atoms with Crippen LogP contribution in [0.15, 0.2) is 18.3 Å². The van der Waals surface area contributed by atoms with Gasteiger partial charge in [0.1, 0.15) is 5.82 Å². The van der Waals surface area contributed by atoms with E-state index in [2.05, 4.69) is 24.1 Å². The fourth-order valence-electron chi connectivity index (χ4n) is 2.70. The van der Waals surface area contributed by atoms with E-state index in [4.69, 9.17) is 10.5 Å². The predicted octanol–water partition coefficient (Wildman–Crippen LogP) is 2.13. The average molecular weight is 277 g/mol. The number of ether oxygens (including phenoxy) is 1. The molecule has 2 heterocycles. The summed E-state index contributed by atoms with van der Waals surface area (Å²) in [6, 6.07) is 3.50. The molecule has 20 heavy (non-hydrogen) atoms. The number of nitrogen functional groups attached to an aromatic ring is 1. The van der Waals surface area contributed by atoms with Crippen LogP contribution in [0, 0.1) is 0 Å². The van der Waals surface area contributed by atoms with Crippen molar-refractivity contribution in [3.63, 3.8) is 0 Å². The molecule has 110 valence electrons. The first kappa shape index (κ1) is 14.8. The summed E-state index contributed by atoms with van der Waals surface area (Å²) in [6.07, 6.45) is 5.18. The molecule has 5 nitrogen and oxygen atoms in total. The zero-order valence-electron chi connectivity index (χ0n) is 12.2. The van der Waals surface area contributed by atoms with Crippen molar-refractivity contribution in [2.75, 3.05) is 12.3 Å². The van der Waals surface area contributed by atoms with Crippen LogP contribution in [0.4, 0.5) is 5.82 Å². The number of nitrogens with two attached hydrogens (primary N) is 1. The second-order valence-corrected chi connectivity index (χ2v) is 5.37. The highest BCUT2D eigenvalue weighted by molar-refractivity contribution is 5.94. The maximum atomic E-state index is 12.2. The first-order valence-corrected chi connectivity index (χ1v) is 7.25. The molecule has 0 aliphatic carbocycles. The number of anilines is 1. The third-order valence-electron chi connectivity index (χ3n) is 4.17. The van der Waals surface area contributed by atoms with E-state index in [1.807, 2.05) is 0 Å². The van der Waals surface area contributed by atoms with Gasteiger partial charge in [-0.3, -0.25) is 4.79 Å². The van der Waals surface area contributed by atoms with Gasteiger partial charge in [-0.2, -0.15) is 0 Å². The summed E-state index contributed by atoms with van der Waals surface area (Å²) in [5.74, 6) is 0.328. The molecule has 0 saturated carbocycles. The molecule has 2 rings (SSSR count). The molecule has 1 aliphatic heterocycles. The Morgan fingerprint density at radius 3 is 2.85 bits per heavy atom. The van der Waals surface area contributed by atoms with E-state index in [1.165, 1.54) is 6.20 Å². The Bertz CT molecular complexity index is 455. The van der Waals surface area contributed by atoms with Crippen molar-refractivity contribution >= 4 is 11.7 Å². The lowest BCUT2D eigenvalue weighted by Gasteiger charge is -2.40. The zero-order valence-corrected chi connectivity index (χ0v) is 12.2. The van der Waals surface area contributed by atoms with Crippen LogP contribution < -0.4 is 11.1 Å². The Morgan fingerprint density at radius 2 is 2.25 bits per heavy atom. The van der Waals surface area contributed by atoms with Gasteiger partial charge < -0.3 is 15.8 Å². The van der Waals surface area contributed by atoms with Gasteiger partial charge in [-0.1, -0.05) is 13.8 Å². The van der Waals surface area contributed by atoms with Crippen molar-refractivity contribution in [1.82, 2.24) is 10.3 Å². The van der Waals surface area contributed by atoms with Crippen molar-refractivity contribution in [2.45, 2.75) is 51.2 Å². The first-order chi connectivity index (χ1) is 9.58. The first-order valence-electron chi connectivity index (χ1n) is 7.25. The second kappa shape index (κ2) is 6.22. The van der Waals surface area contributed by atoms with E-state index in [0.29, 0.717) is 18.0 Å². The number of rotatable bonds is 4. The van der Waals surface area contributed by atoms with Crippen molar-refractivity contribution in [1.29, 1.82) is 0 Å². The Hall–Kier alpha value is -1.62. The third-order valence-corrected chi connectivity index (χ3v) is 4.17. The summed E-state index contributed by atoms with van der Waals surface area (Å²) < 4.78 is 5.92. The molecule has 1 aromatic rings. The van der Waals surface area contributed by atoms with E-state index in [0.717, 1.165) is 25.7 Å². The van der Waals surface area contributed by atoms with Crippen LogP contribution in [-0.2, 0) is 4.74 Å². The standard InChI is InChI=1S/C15H23N3O2/c1-3-15(4-2)9-12(7-8-20-15)18-14(19)11-5-6-13(16)17-10-11/h5-6,10,12H,3-4,7-9H2,1-2H3,(H2,16,17)(H,18,19). The van der Waals surface area contributed by atoms with Gasteiger partial charge >= 0.3 is 0 Å². The number of nitrogens with zero attached hydrogens (tertiary/aromatic N) is 1. The SMILES string of the molecule is CCC1(CC)CC(NC(=O)c2ccc(N)nc2)CCO1. The highest BCUT2D eigenvalue weighted by Crippen LogP contribution is 2.31. The van der Waals surface area contributed by atoms with E-state index in [-0.39, 0.29) is 17.6 Å². The Kier molecular flexibility index (Phi) is 4.60. The molecule has 1 aromatic heterocycles. The van der Waals surface area contributed by atoms with Gasteiger partial charge in [0.25, 0.3) is 5.91 Å². The minimum absolute atomic E-state index is 0.0877. The number of aromatic nitrogens is 1. The number of amides is 1. The van der Waals surface area contributed by atoms with Gasteiger partial charge in [0, 0.05) is 18.8 Å². The molecular weight excluding hydrogens is 254 g/mol. The molecule has 1 aliphatic rings. The molecule has 0 spiro atoms. The summed E-state index contributed by atoms with van der Waals surface area (Å²) in [7, 11) is 0. The molecule has 1 amide bonds. The third kappa shape index (κ3) is 3.28. The molecule has 5 heteroatoms. The molecule has 3 N–H and O–H groups in total. The molecule has 0 bridgehead atoms. The van der Waals surface area contributed by atoms with E-state index in [1.54, 1.807) is 12.1 Å². The summed E-state index contributed by atoms with van der Waals surface area (Å²) >= 11 is 0. The smallest absolute Gasteiger partial charge is 0.253 e. The Labute approximate surface area is 119 Å². The zero-order chi connectivity index (χ0) is 14.6. The van der Waals surface area contributed by atoms with Crippen molar-refractivity contribution in [2.24, 2.45) is 0 Å². The molecule has 1 saturated heterocycles. The summed E-state index contributed by atoms with van der Waals surface area (Å²) in [5.41, 5.74) is 5.98. The lowest BCUT2D eigenvalue weighted by atomic mass is 9.86. The largest absolute Gasteiger partial charge is 0.384 e. The molecule has 0 aromatic carbocycles. The number of hydrogen-bond donors (Lipinski definition) is 2. The number of pyridine rings is 1. The molecular formula is C15H23N3O2. The second-order valence-electron chi connectivity index (χ2n) is 5.37. The molecule has 1 unspecified atom stereocenters. The predicted molar refractivity (Wildman–Crippen MR) is 78.4 cm³/mol. The minimum Gasteiger partial charge on any atom is -0.384 e. The van der Waals surface area contributed by atoms with Gasteiger partial charge in [0.05, 0.1) is 11.2 Å². The van der Waals surface area contributed by atoms with Crippen LogP contribution in [0.25, 0.3) is 0 Å². The van der Waals surface area contributed by atoms with Crippen LogP contribution >= 0.6 is 0 Å². The normalized spacial score (nSPS) is 21.4. The van der Waals surface area contributed by atoms with Crippen LogP contribution in [-0.4, -0.2) is 29.1 Å². The number of hydrogen-bond acceptors (Lipinski definition) is 4. The van der Waals surface area contributed by atoms with Gasteiger partial charge in [0.2, 0.25) is 0 Å². The van der Waals surface area contributed by atoms with E-state index >= 15 is 0 Å². The van der Waals surface area contributed by atoms with Gasteiger partial charge in [-0.25, -0.2) is 4.98 Å². The van der Waals surface area contributed by atoms with Crippen LogP contribution in [0.2, 0.25) is 0 Å². The maximum Gasteiger partial charge on any atom is 0.253 e. The summed E-state index contributed by atoms with van der Waals surface area (Å²) in [4.78, 5) is 16.1. The highest BCUT2D eigenvalue weighted by Gasteiger charge is 2.35. The molecule has 1 atom stereocenters. The van der Waals surface area contributed by atoms with Gasteiger partial charge in [-0.05, 0) is 37.8 Å². The molecule has 1 fully saturated rings. The van der Waals surface area contributed by atoms with Crippen molar-refractivity contribution in [3.8, 4) is 0 Å². The topological polar surface area (TPSA) is 77.2 Å². The van der Waals surface area contributed by atoms with E-state index < -0.39 is 0 Å². The summed E-state index contributed by atoms with van der Waals surface area (Å²) in [5, 5.41) is 3.08. The number of carbonyl (C=O) groups is 1. The highest BCUT2D eigenvalue weighted by atomic mass is 16.5.